The van der Waals surface area contributed by atoms with E-state index in [0.717, 1.165) is 6.07 Å². The molecule has 1 N–H and O–H groups in total. The van der Waals surface area contributed by atoms with Crippen LogP contribution in [0.2, 0.25) is 0 Å². The molecule has 1 saturated carbocycles. The second-order valence-electron chi connectivity index (χ2n) is 10.2. The molecule has 2 heterocycles. The molecule has 9 nitrogen and oxygen atoms in total. The molecule has 0 radical (unpaired) electrons. The molecule has 1 aliphatic carbocycles. The summed E-state index contributed by atoms with van der Waals surface area (Å²) in [4.78, 5) is 26.7. The number of nitrogens with one attached hydrogen (secondary N) is 1. The smallest absolute Gasteiger partial charge is 0.444 e. The van der Waals surface area contributed by atoms with Crippen LogP contribution in [-0.4, -0.2) is 49.3 Å². The summed E-state index contributed by atoms with van der Waals surface area (Å²) in [5.41, 5.74) is -6.74. The van der Waals surface area contributed by atoms with Crippen LogP contribution in [0, 0.1) is 12.7 Å². The predicted octanol–water partition coefficient (Wildman–Crippen LogP) is 4.12. The van der Waals surface area contributed by atoms with Crippen LogP contribution in [0.3, 0.4) is 0 Å². The Balaban J connectivity index is 1.75. The number of amides is 1. The minimum atomic E-state index is -6.09. The van der Waals surface area contributed by atoms with Crippen LogP contribution in [0.4, 0.5) is 28.0 Å². The van der Waals surface area contributed by atoms with Gasteiger partial charge < -0.3 is 23.7 Å². The second-order valence-corrected chi connectivity index (χ2v) is 11.8. The van der Waals surface area contributed by atoms with Gasteiger partial charge in [-0.1, -0.05) is 0 Å². The standard InChI is InChI=1S/C23H27F4N3O6S/c1-12-19-15(17(36-37(33,34)23(25,26)27)10-18(31)30(19)14-5-6-14)9-16(24)20(12)29-8-7-13(11-29)28-21(32)35-22(2,3)4/h9-10,13-14H,5-8,11H2,1-4H3,(H,28,32)/t13-/m0/s1. The lowest BCUT2D eigenvalue weighted by Gasteiger charge is -2.25. The van der Waals surface area contributed by atoms with Crippen molar-refractivity contribution in [2.24, 2.45) is 0 Å². The fourth-order valence-electron chi connectivity index (χ4n) is 4.50. The first kappa shape index (κ1) is 27.0. The molecule has 204 valence electrons. The Morgan fingerprint density at radius 3 is 2.35 bits per heavy atom. The Labute approximate surface area is 210 Å². The average molecular weight is 550 g/mol. The molecule has 1 saturated heterocycles. The van der Waals surface area contributed by atoms with E-state index in [2.05, 4.69) is 9.50 Å². The minimum Gasteiger partial charge on any atom is -0.444 e. The molecule has 1 atom stereocenters. The normalized spacial score (nSPS) is 18.8. The number of aryl methyl sites for hydroxylation is 1. The molecule has 2 fully saturated rings. The molecule has 0 spiro atoms. The molecule has 4 rings (SSSR count). The van der Waals surface area contributed by atoms with Crippen molar-refractivity contribution >= 4 is 32.8 Å². The molecule has 2 aliphatic rings. The molecule has 0 bridgehead atoms. The number of hydrogen-bond acceptors (Lipinski definition) is 7. The fourth-order valence-corrected chi connectivity index (χ4v) is 4.97. The van der Waals surface area contributed by atoms with E-state index in [1.165, 1.54) is 11.5 Å². The molecular formula is C23H27F4N3O6S. The third kappa shape index (κ3) is 5.48. The fraction of sp³-hybridized carbons (Fsp3) is 0.565. The SMILES string of the molecule is Cc1c(N2CC[C@H](NC(=O)OC(C)(C)C)C2)c(F)cc2c(OS(=O)(=O)C(F)(F)F)cc(=O)n(C3CC3)c12. The van der Waals surface area contributed by atoms with Gasteiger partial charge in [-0.15, -0.1) is 0 Å². The van der Waals surface area contributed by atoms with Crippen LogP contribution in [0.15, 0.2) is 16.9 Å². The Morgan fingerprint density at radius 2 is 1.78 bits per heavy atom. The molecule has 1 amide bonds. The Kier molecular flexibility index (Phi) is 6.62. The van der Waals surface area contributed by atoms with Gasteiger partial charge in [0, 0.05) is 30.6 Å². The van der Waals surface area contributed by atoms with Crippen molar-refractivity contribution in [3.63, 3.8) is 0 Å². The minimum absolute atomic E-state index is 0.0994. The number of fused-ring (bicyclic) bond motifs is 1. The van der Waals surface area contributed by atoms with Gasteiger partial charge in [-0.3, -0.25) is 4.79 Å². The number of hydrogen-bond donors (Lipinski definition) is 1. The van der Waals surface area contributed by atoms with E-state index in [1.807, 2.05) is 0 Å². The van der Waals surface area contributed by atoms with Crippen molar-refractivity contribution in [1.29, 1.82) is 0 Å². The van der Waals surface area contributed by atoms with E-state index < -0.39 is 44.4 Å². The van der Waals surface area contributed by atoms with Gasteiger partial charge in [0.15, 0.2) is 5.75 Å². The number of alkyl halides is 3. The van der Waals surface area contributed by atoms with E-state index in [4.69, 9.17) is 4.74 Å². The van der Waals surface area contributed by atoms with Crippen molar-refractivity contribution in [2.45, 2.75) is 70.2 Å². The lowest BCUT2D eigenvalue weighted by Crippen LogP contribution is -2.40. The van der Waals surface area contributed by atoms with Crippen molar-refractivity contribution in [2.75, 3.05) is 18.0 Å². The van der Waals surface area contributed by atoms with Crippen LogP contribution < -0.4 is 20.0 Å². The van der Waals surface area contributed by atoms with Crippen LogP contribution in [0.25, 0.3) is 10.9 Å². The summed E-state index contributed by atoms with van der Waals surface area (Å²) in [6, 6.07) is 0.910. The van der Waals surface area contributed by atoms with E-state index in [9.17, 15) is 31.2 Å². The van der Waals surface area contributed by atoms with Gasteiger partial charge in [0.25, 0.3) is 5.56 Å². The summed E-state index contributed by atoms with van der Waals surface area (Å²) < 4.78 is 88.6. The Bertz CT molecular complexity index is 1410. The van der Waals surface area contributed by atoms with Gasteiger partial charge in [0.1, 0.15) is 11.4 Å². The average Bonchev–Trinajstić information content (AvgIpc) is 3.45. The van der Waals surface area contributed by atoms with Gasteiger partial charge in [-0.2, -0.15) is 21.6 Å². The molecule has 14 heteroatoms. The zero-order valence-corrected chi connectivity index (χ0v) is 21.4. The highest BCUT2D eigenvalue weighted by Gasteiger charge is 2.49. The first-order valence-electron chi connectivity index (χ1n) is 11.6. The number of aromatic nitrogens is 1. The zero-order valence-electron chi connectivity index (χ0n) is 20.6. The van der Waals surface area contributed by atoms with E-state index in [0.29, 0.717) is 31.9 Å². The van der Waals surface area contributed by atoms with Gasteiger partial charge in [-0.25, -0.2) is 9.18 Å². The highest BCUT2D eigenvalue weighted by molar-refractivity contribution is 7.88. The molecule has 1 aliphatic heterocycles. The summed E-state index contributed by atoms with van der Waals surface area (Å²) in [5.74, 6) is -1.73. The van der Waals surface area contributed by atoms with E-state index in [1.54, 1.807) is 25.7 Å². The molecule has 1 aromatic heterocycles. The maximum Gasteiger partial charge on any atom is 0.534 e. The summed E-state index contributed by atoms with van der Waals surface area (Å²) in [5, 5.41) is 2.47. The number of halogens is 4. The maximum absolute atomic E-state index is 15.5. The van der Waals surface area contributed by atoms with Crippen LogP contribution in [0.5, 0.6) is 5.75 Å². The van der Waals surface area contributed by atoms with Crippen LogP contribution >= 0.6 is 0 Å². The summed E-state index contributed by atoms with van der Waals surface area (Å²) >= 11 is 0. The second kappa shape index (κ2) is 9.07. The molecule has 37 heavy (non-hydrogen) atoms. The highest BCUT2D eigenvalue weighted by atomic mass is 32.2. The van der Waals surface area contributed by atoms with E-state index in [-0.39, 0.29) is 40.8 Å². The number of nitrogens with zero attached hydrogens (tertiary/aromatic N) is 2. The Morgan fingerprint density at radius 1 is 1.14 bits per heavy atom. The number of anilines is 1. The first-order valence-corrected chi connectivity index (χ1v) is 13.0. The molecule has 2 aromatic rings. The van der Waals surface area contributed by atoms with Crippen molar-refractivity contribution in [3.8, 4) is 5.75 Å². The third-order valence-electron chi connectivity index (χ3n) is 6.08. The summed E-state index contributed by atoms with van der Waals surface area (Å²) in [6.07, 6.45) is 1.12. The van der Waals surface area contributed by atoms with Crippen molar-refractivity contribution in [1.82, 2.24) is 9.88 Å². The first-order chi connectivity index (χ1) is 17.0. The number of carbonyl (C=O) groups excluding carboxylic acids is 1. The predicted molar refractivity (Wildman–Crippen MR) is 127 cm³/mol. The number of ether oxygens (including phenoxy) is 1. The number of carbonyl (C=O) groups is 1. The van der Waals surface area contributed by atoms with Crippen LogP contribution in [0.1, 0.15) is 51.6 Å². The van der Waals surface area contributed by atoms with Crippen molar-refractivity contribution in [3.05, 3.63) is 33.9 Å². The lowest BCUT2D eigenvalue weighted by atomic mass is 10.1. The van der Waals surface area contributed by atoms with Crippen LogP contribution in [-0.2, 0) is 14.9 Å². The third-order valence-corrected chi connectivity index (χ3v) is 7.05. The Hall–Kier alpha value is -3.03. The highest BCUT2D eigenvalue weighted by Crippen LogP contribution is 2.42. The maximum atomic E-state index is 15.5. The number of rotatable bonds is 5. The largest absolute Gasteiger partial charge is 0.534 e. The van der Waals surface area contributed by atoms with Gasteiger partial charge in [-0.05, 0) is 58.6 Å². The molecular weight excluding hydrogens is 522 g/mol. The summed E-state index contributed by atoms with van der Waals surface area (Å²) in [7, 11) is -6.09. The molecule has 1 aromatic carbocycles. The number of benzene rings is 1. The summed E-state index contributed by atoms with van der Waals surface area (Å²) in [6.45, 7) is 7.23. The van der Waals surface area contributed by atoms with Crippen molar-refractivity contribution < 1.29 is 39.7 Å². The number of pyridine rings is 1. The van der Waals surface area contributed by atoms with E-state index >= 15 is 4.39 Å². The quantitative estimate of drug-likeness (QED) is 0.340. The zero-order chi connectivity index (χ0) is 27.5. The topological polar surface area (TPSA) is 107 Å². The van der Waals surface area contributed by atoms with Gasteiger partial charge >= 0.3 is 21.7 Å². The van der Waals surface area contributed by atoms with Gasteiger partial charge in [0.05, 0.1) is 17.2 Å². The molecule has 0 unspecified atom stereocenters. The monoisotopic (exact) mass is 549 g/mol. The lowest BCUT2D eigenvalue weighted by molar-refractivity contribution is -0.0499. The number of alkyl carbamates (subject to hydrolysis) is 1. The van der Waals surface area contributed by atoms with Gasteiger partial charge in [0.2, 0.25) is 0 Å².